The Balaban J connectivity index is 1.22. The summed E-state index contributed by atoms with van der Waals surface area (Å²) in [6.07, 6.45) is 1.93. The van der Waals surface area contributed by atoms with Gasteiger partial charge in [-0.3, -0.25) is 4.98 Å². The Hall–Kier alpha value is -6.31. The van der Waals surface area contributed by atoms with Crippen LogP contribution in [0.2, 0.25) is 0 Å². The third-order valence-corrected chi connectivity index (χ3v) is 10.6. The quantitative estimate of drug-likeness (QED) is 0.195. The summed E-state index contributed by atoms with van der Waals surface area (Å²) in [5.74, 6) is 0. The van der Waals surface area contributed by atoms with Gasteiger partial charge in [-0.05, 0) is 118 Å². The van der Waals surface area contributed by atoms with Crippen LogP contribution in [0.25, 0.3) is 110 Å². The third kappa shape index (κ3) is 3.37. The molecule has 220 valence electrons. The molecule has 2 aliphatic rings. The van der Waals surface area contributed by atoms with Crippen molar-refractivity contribution >= 4 is 32.4 Å². The van der Waals surface area contributed by atoms with Crippen molar-refractivity contribution in [2.45, 2.75) is 0 Å². The number of fused-ring (bicyclic) bond motifs is 7. The summed E-state index contributed by atoms with van der Waals surface area (Å²) in [6, 6.07) is 58.2. The molecule has 0 bridgehead atoms. The van der Waals surface area contributed by atoms with Crippen LogP contribution in [-0.2, 0) is 0 Å². The molecule has 0 aliphatic heterocycles. The molecular formula is C47H27N. The lowest BCUT2D eigenvalue weighted by atomic mass is 9.82. The zero-order chi connectivity index (χ0) is 31.3. The summed E-state index contributed by atoms with van der Waals surface area (Å²) in [6.45, 7) is 0. The van der Waals surface area contributed by atoms with E-state index < -0.39 is 0 Å². The molecule has 8 aromatic carbocycles. The Labute approximate surface area is 278 Å². The molecule has 1 heteroatoms. The lowest BCUT2D eigenvalue weighted by Gasteiger charge is -2.20. The van der Waals surface area contributed by atoms with Gasteiger partial charge in [-0.15, -0.1) is 0 Å². The van der Waals surface area contributed by atoms with Crippen molar-refractivity contribution in [3.63, 3.8) is 0 Å². The van der Waals surface area contributed by atoms with Gasteiger partial charge in [0, 0.05) is 11.6 Å². The Bertz CT molecular complexity index is 2710. The fourth-order valence-corrected chi connectivity index (χ4v) is 8.69. The van der Waals surface area contributed by atoms with Crippen molar-refractivity contribution in [3.05, 3.63) is 164 Å². The lowest BCUT2D eigenvalue weighted by molar-refractivity contribution is 1.42. The number of pyridine rings is 1. The molecule has 9 aromatic rings. The predicted molar refractivity (Wildman–Crippen MR) is 202 cm³/mol. The first-order valence-corrected chi connectivity index (χ1v) is 16.6. The largest absolute Gasteiger partial charge is 0.256 e. The minimum Gasteiger partial charge on any atom is -0.256 e. The normalized spacial score (nSPS) is 12.2. The van der Waals surface area contributed by atoms with Crippen molar-refractivity contribution in [3.8, 4) is 77.9 Å². The van der Waals surface area contributed by atoms with Gasteiger partial charge < -0.3 is 0 Å². The summed E-state index contributed by atoms with van der Waals surface area (Å²) in [4.78, 5) is 4.67. The lowest BCUT2D eigenvalue weighted by Crippen LogP contribution is -1.93. The van der Waals surface area contributed by atoms with Crippen LogP contribution in [0.4, 0.5) is 0 Å². The van der Waals surface area contributed by atoms with Crippen molar-refractivity contribution in [1.29, 1.82) is 0 Å². The Morgan fingerprint density at radius 1 is 0.292 bits per heavy atom. The summed E-state index contributed by atoms with van der Waals surface area (Å²) >= 11 is 0. The zero-order valence-corrected chi connectivity index (χ0v) is 26.0. The van der Waals surface area contributed by atoms with E-state index in [1.54, 1.807) is 0 Å². The number of aromatic nitrogens is 1. The minimum atomic E-state index is 1.06. The van der Waals surface area contributed by atoms with Gasteiger partial charge in [0.05, 0.1) is 5.52 Å². The molecule has 0 saturated heterocycles. The van der Waals surface area contributed by atoms with Crippen LogP contribution in [0.5, 0.6) is 0 Å². The minimum absolute atomic E-state index is 1.06. The van der Waals surface area contributed by atoms with Gasteiger partial charge in [0.1, 0.15) is 0 Å². The maximum Gasteiger partial charge on any atom is 0.0714 e. The number of nitrogens with zero attached hydrogens (tertiary/aromatic N) is 1. The van der Waals surface area contributed by atoms with E-state index in [2.05, 4.69) is 163 Å². The van der Waals surface area contributed by atoms with Gasteiger partial charge in [0.15, 0.2) is 0 Å². The second-order valence-corrected chi connectivity index (χ2v) is 13.0. The molecule has 0 atom stereocenters. The molecule has 0 fully saturated rings. The van der Waals surface area contributed by atoms with Crippen LogP contribution in [-0.4, -0.2) is 4.98 Å². The Morgan fingerprint density at radius 2 is 0.854 bits per heavy atom. The second-order valence-electron chi connectivity index (χ2n) is 13.0. The first-order chi connectivity index (χ1) is 23.8. The molecule has 0 amide bonds. The summed E-state index contributed by atoms with van der Waals surface area (Å²) in [7, 11) is 0. The van der Waals surface area contributed by atoms with E-state index in [1.165, 1.54) is 105 Å². The molecule has 11 rings (SSSR count). The second kappa shape index (κ2) is 9.61. The fraction of sp³-hybridized carbons (Fsp3) is 0. The average Bonchev–Trinajstić information content (AvgIpc) is 3.66. The first-order valence-electron chi connectivity index (χ1n) is 16.6. The molecule has 1 aromatic heterocycles. The maximum absolute atomic E-state index is 4.67. The molecule has 1 heterocycles. The predicted octanol–water partition coefficient (Wildman–Crippen LogP) is 12.8. The number of hydrogen-bond acceptors (Lipinski definition) is 1. The van der Waals surface area contributed by atoms with Crippen molar-refractivity contribution < 1.29 is 0 Å². The maximum atomic E-state index is 4.67. The molecule has 0 unspecified atom stereocenters. The van der Waals surface area contributed by atoms with E-state index >= 15 is 0 Å². The van der Waals surface area contributed by atoms with Crippen molar-refractivity contribution in [1.82, 2.24) is 4.98 Å². The molecule has 1 nitrogen and oxygen atoms in total. The zero-order valence-electron chi connectivity index (χ0n) is 26.0. The molecule has 0 N–H and O–H groups in total. The third-order valence-electron chi connectivity index (χ3n) is 10.6. The molecule has 2 aliphatic carbocycles. The summed E-state index contributed by atoms with van der Waals surface area (Å²) < 4.78 is 0. The number of hydrogen-bond donors (Lipinski definition) is 0. The average molecular weight is 606 g/mol. The van der Waals surface area contributed by atoms with Crippen LogP contribution in [0, 0.1) is 0 Å². The van der Waals surface area contributed by atoms with Crippen molar-refractivity contribution in [2.24, 2.45) is 0 Å². The van der Waals surface area contributed by atoms with E-state index in [-0.39, 0.29) is 0 Å². The molecule has 0 spiro atoms. The van der Waals surface area contributed by atoms with Crippen LogP contribution in [0.3, 0.4) is 0 Å². The van der Waals surface area contributed by atoms with Crippen molar-refractivity contribution in [2.75, 3.05) is 0 Å². The number of benzene rings is 8. The highest BCUT2D eigenvalue weighted by molar-refractivity contribution is 6.29. The first kappa shape index (κ1) is 25.8. The van der Waals surface area contributed by atoms with Gasteiger partial charge in [-0.2, -0.15) is 0 Å². The van der Waals surface area contributed by atoms with Gasteiger partial charge in [-0.1, -0.05) is 140 Å². The monoisotopic (exact) mass is 605 g/mol. The highest BCUT2D eigenvalue weighted by atomic mass is 14.6. The van der Waals surface area contributed by atoms with Gasteiger partial charge in [0.25, 0.3) is 0 Å². The van der Waals surface area contributed by atoms with E-state index in [0.717, 1.165) is 5.52 Å². The summed E-state index contributed by atoms with van der Waals surface area (Å²) in [5, 5.41) is 6.46. The van der Waals surface area contributed by atoms with Gasteiger partial charge in [-0.25, -0.2) is 0 Å². The van der Waals surface area contributed by atoms with E-state index in [4.69, 9.17) is 0 Å². The van der Waals surface area contributed by atoms with Crippen LogP contribution < -0.4 is 0 Å². The van der Waals surface area contributed by atoms with Crippen LogP contribution >= 0.6 is 0 Å². The topological polar surface area (TPSA) is 12.9 Å². The fourth-order valence-electron chi connectivity index (χ4n) is 8.69. The Morgan fingerprint density at radius 3 is 1.58 bits per heavy atom. The SMILES string of the molecule is c1ccc(-c2c3c(c(-c4ccccc4)c4ccccc24)-c2ccc(-c4ccc5c(c4)-c4cccc6nccc-5c46)c4cccc-3c24)cc1. The van der Waals surface area contributed by atoms with E-state index in [9.17, 15) is 0 Å². The smallest absolute Gasteiger partial charge is 0.0714 e. The molecular weight excluding hydrogens is 579 g/mol. The number of rotatable bonds is 3. The van der Waals surface area contributed by atoms with E-state index in [0.29, 0.717) is 0 Å². The molecule has 0 saturated carbocycles. The molecule has 0 radical (unpaired) electrons. The molecule has 48 heavy (non-hydrogen) atoms. The highest BCUT2D eigenvalue weighted by Gasteiger charge is 2.31. The summed E-state index contributed by atoms with van der Waals surface area (Å²) in [5.41, 5.74) is 19.1. The van der Waals surface area contributed by atoms with E-state index in [1.807, 2.05) is 6.20 Å². The highest BCUT2D eigenvalue weighted by Crippen LogP contribution is 2.58. The standard InChI is InChI=1S/C47H27N/c1-3-11-28(12-4-1)42-34-15-7-8-16-35(34)43(29-13-5-2-6-14-29)47-39-24-23-31(33-17-9-19-38(44(33)39)46(42)47)30-21-22-32-37-25-26-48-41-20-10-18-36(45(37)41)40(32)27-30/h1-27H. The van der Waals surface area contributed by atoms with Gasteiger partial charge >= 0.3 is 0 Å². The van der Waals surface area contributed by atoms with Crippen LogP contribution in [0.15, 0.2) is 164 Å². The Kier molecular flexibility index (Phi) is 5.17. The van der Waals surface area contributed by atoms with Gasteiger partial charge in [0.2, 0.25) is 0 Å². The van der Waals surface area contributed by atoms with Crippen LogP contribution in [0.1, 0.15) is 0 Å².